The summed E-state index contributed by atoms with van der Waals surface area (Å²) in [6, 6.07) is 5.99. The second kappa shape index (κ2) is 3.58. The summed E-state index contributed by atoms with van der Waals surface area (Å²) in [6.45, 7) is 2.14. The third-order valence-corrected chi connectivity index (χ3v) is 2.64. The normalized spacial score (nSPS) is 9.90. The van der Waals surface area contributed by atoms with E-state index in [0.717, 1.165) is 11.4 Å². The molecule has 0 fully saturated rings. The van der Waals surface area contributed by atoms with Gasteiger partial charge in [-0.15, -0.1) is 0 Å². The number of benzene rings is 1. The number of hydrogen-bond acceptors (Lipinski definition) is 0. The Morgan fingerprint density at radius 1 is 1.50 bits per heavy atom. The zero-order valence-electron chi connectivity index (χ0n) is 5.70. The van der Waals surface area contributed by atoms with Gasteiger partial charge in [0.25, 0.3) is 0 Å². The fourth-order valence-corrected chi connectivity index (χ4v) is 2.06. The van der Waals surface area contributed by atoms with E-state index >= 15 is 0 Å². The first-order valence-electron chi connectivity index (χ1n) is 3.18. The molecule has 1 rings (SSSR count). The van der Waals surface area contributed by atoms with Crippen molar-refractivity contribution in [3.05, 3.63) is 32.4 Å². The molecular weight excluding hydrogens is 258 g/mol. The van der Waals surface area contributed by atoms with Gasteiger partial charge in [0, 0.05) is 8.59 Å². The van der Waals surface area contributed by atoms with Crippen LogP contribution in [0.5, 0.6) is 0 Å². The van der Waals surface area contributed by atoms with Crippen molar-refractivity contribution in [1.82, 2.24) is 0 Å². The fraction of sp³-hybridized carbons (Fsp3) is 0.250. The van der Waals surface area contributed by atoms with Crippen LogP contribution < -0.4 is 0 Å². The number of halogens is 2. The lowest BCUT2D eigenvalue weighted by atomic mass is 10.2. The van der Waals surface area contributed by atoms with Crippen LogP contribution in [0.15, 0.2) is 18.2 Å². The Bertz CT molecular complexity index is 233. The Morgan fingerprint density at radius 3 is 2.70 bits per heavy atom. The van der Waals surface area contributed by atoms with E-state index in [1.54, 1.807) is 0 Å². The predicted molar refractivity (Wildman–Crippen MR) is 53.5 cm³/mol. The highest BCUT2D eigenvalue weighted by Crippen LogP contribution is 2.17. The Kier molecular flexibility index (Phi) is 2.98. The minimum absolute atomic E-state index is 0.821. The maximum Gasteiger partial charge on any atom is 0.0416 e. The van der Waals surface area contributed by atoms with E-state index in [1.807, 2.05) is 12.1 Å². The van der Waals surface area contributed by atoms with E-state index < -0.39 is 0 Å². The molecule has 0 saturated heterocycles. The highest BCUT2D eigenvalue weighted by molar-refractivity contribution is 14.1. The molecule has 0 bridgehead atoms. The molecule has 0 aromatic heterocycles. The van der Waals surface area contributed by atoms with E-state index in [9.17, 15) is 0 Å². The lowest BCUT2D eigenvalue weighted by Crippen LogP contribution is -1.83. The van der Waals surface area contributed by atoms with Crippen molar-refractivity contribution >= 4 is 34.2 Å². The van der Waals surface area contributed by atoms with E-state index in [-0.39, 0.29) is 0 Å². The summed E-state index contributed by atoms with van der Waals surface area (Å²) in [4.78, 5) is 0. The molecule has 1 aromatic carbocycles. The molecule has 0 nitrogen and oxygen atoms in total. The van der Waals surface area contributed by atoms with Gasteiger partial charge in [-0.05, 0) is 46.7 Å². The molecule has 0 atom stereocenters. The topological polar surface area (TPSA) is 0 Å². The molecule has 0 aliphatic heterocycles. The van der Waals surface area contributed by atoms with Gasteiger partial charge in [-0.2, -0.15) is 0 Å². The Morgan fingerprint density at radius 2 is 2.20 bits per heavy atom. The summed E-state index contributed by atoms with van der Waals surface area (Å²) in [7, 11) is 0. The SMILES string of the molecule is CCc1ccc(Cl)cc1I. The molecule has 1 aromatic rings. The maximum atomic E-state index is 5.77. The maximum absolute atomic E-state index is 5.77. The van der Waals surface area contributed by atoms with E-state index in [1.165, 1.54) is 9.13 Å². The van der Waals surface area contributed by atoms with Crippen molar-refractivity contribution in [2.45, 2.75) is 13.3 Å². The van der Waals surface area contributed by atoms with Crippen molar-refractivity contribution in [2.75, 3.05) is 0 Å². The molecule has 0 unspecified atom stereocenters. The number of aryl methyl sites for hydroxylation is 1. The molecule has 0 spiro atoms. The van der Waals surface area contributed by atoms with Crippen LogP contribution in [-0.4, -0.2) is 0 Å². The Hall–Kier alpha value is 0.240. The van der Waals surface area contributed by atoms with Gasteiger partial charge >= 0.3 is 0 Å². The average Bonchev–Trinajstić information content (AvgIpc) is 1.88. The molecule has 0 N–H and O–H groups in total. The molecule has 10 heavy (non-hydrogen) atoms. The lowest BCUT2D eigenvalue weighted by Gasteiger charge is -1.99. The number of hydrogen-bond donors (Lipinski definition) is 0. The van der Waals surface area contributed by atoms with Crippen LogP contribution in [0.2, 0.25) is 5.02 Å². The highest BCUT2D eigenvalue weighted by atomic mass is 127. The van der Waals surface area contributed by atoms with Crippen molar-refractivity contribution in [1.29, 1.82) is 0 Å². The molecular formula is C8H8ClI. The zero-order chi connectivity index (χ0) is 7.56. The molecule has 0 aliphatic carbocycles. The van der Waals surface area contributed by atoms with Gasteiger partial charge in [0.05, 0.1) is 0 Å². The summed E-state index contributed by atoms with van der Waals surface area (Å²) in [5.74, 6) is 0. The second-order valence-electron chi connectivity index (χ2n) is 2.09. The predicted octanol–water partition coefficient (Wildman–Crippen LogP) is 3.51. The van der Waals surface area contributed by atoms with Gasteiger partial charge in [-0.3, -0.25) is 0 Å². The highest BCUT2D eigenvalue weighted by Gasteiger charge is 1.96. The smallest absolute Gasteiger partial charge is 0.0416 e. The average molecular weight is 267 g/mol. The van der Waals surface area contributed by atoms with Crippen molar-refractivity contribution in [2.24, 2.45) is 0 Å². The van der Waals surface area contributed by atoms with Gasteiger partial charge in [-0.1, -0.05) is 24.6 Å². The molecule has 0 aliphatic rings. The standard InChI is InChI=1S/C8H8ClI/c1-2-6-3-4-7(9)5-8(6)10/h3-5H,2H2,1H3. The summed E-state index contributed by atoms with van der Waals surface area (Å²) in [6.07, 6.45) is 1.08. The van der Waals surface area contributed by atoms with Crippen molar-refractivity contribution in [3.8, 4) is 0 Å². The minimum Gasteiger partial charge on any atom is -0.0843 e. The van der Waals surface area contributed by atoms with Gasteiger partial charge < -0.3 is 0 Å². The van der Waals surface area contributed by atoms with Crippen LogP contribution >= 0.6 is 34.2 Å². The Balaban J connectivity index is 3.07. The van der Waals surface area contributed by atoms with Crippen LogP contribution in [0.3, 0.4) is 0 Å². The summed E-state index contributed by atoms with van der Waals surface area (Å²) < 4.78 is 1.26. The fourth-order valence-electron chi connectivity index (χ4n) is 0.808. The van der Waals surface area contributed by atoms with Gasteiger partial charge in [0.2, 0.25) is 0 Å². The van der Waals surface area contributed by atoms with Crippen LogP contribution in [-0.2, 0) is 6.42 Å². The first-order chi connectivity index (χ1) is 4.74. The summed E-state index contributed by atoms with van der Waals surface area (Å²) in [5, 5.41) is 0.821. The van der Waals surface area contributed by atoms with Crippen LogP contribution in [0.25, 0.3) is 0 Å². The van der Waals surface area contributed by atoms with Crippen molar-refractivity contribution in [3.63, 3.8) is 0 Å². The van der Waals surface area contributed by atoms with E-state index in [0.29, 0.717) is 0 Å². The molecule has 0 heterocycles. The quantitative estimate of drug-likeness (QED) is 0.683. The molecule has 54 valence electrons. The molecule has 2 heteroatoms. The van der Waals surface area contributed by atoms with Crippen LogP contribution in [0, 0.1) is 3.57 Å². The largest absolute Gasteiger partial charge is 0.0843 e. The Labute approximate surface area is 79.7 Å². The van der Waals surface area contributed by atoms with Crippen LogP contribution in [0.4, 0.5) is 0 Å². The first-order valence-corrected chi connectivity index (χ1v) is 4.63. The van der Waals surface area contributed by atoms with E-state index in [2.05, 4.69) is 35.6 Å². The van der Waals surface area contributed by atoms with Gasteiger partial charge in [0.15, 0.2) is 0 Å². The summed E-state index contributed by atoms with van der Waals surface area (Å²) in [5.41, 5.74) is 1.37. The first kappa shape index (κ1) is 8.34. The minimum atomic E-state index is 0.821. The van der Waals surface area contributed by atoms with E-state index in [4.69, 9.17) is 11.6 Å². The third kappa shape index (κ3) is 1.86. The monoisotopic (exact) mass is 266 g/mol. The van der Waals surface area contributed by atoms with Crippen molar-refractivity contribution < 1.29 is 0 Å². The number of rotatable bonds is 1. The van der Waals surface area contributed by atoms with Crippen LogP contribution in [0.1, 0.15) is 12.5 Å². The second-order valence-corrected chi connectivity index (χ2v) is 3.69. The molecule has 0 amide bonds. The third-order valence-electron chi connectivity index (χ3n) is 1.40. The molecule has 0 saturated carbocycles. The lowest BCUT2D eigenvalue weighted by molar-refractivity contribution is 1.13. The van der Waals surface area contributed by atoms with Gasteiger partial charge in [-0.25, -0.2) is 0 Å². The zero-order valence-corrected chi connectivity index (χ0v) is 8.61. The van der Waals surface area contributed by atoms with Gasteiger partial charge in [0.1, 0.15) is 0 Å². The summed E-state index contributed by atoms with van der Waals surface area (Å²) >= 11 is 8.07. The molecule has 0 radical (unpaired) electrons.